The first-order valence-corrected chi connectivity index (χ1v) is 14.8. The highest BCUT2D eigenvalue weighted by Crippen LogP contribution is 2.53. The van der Waals surface area contributed by atoms with Crippen molar-refractivity contribution in [2.45, 2.75) is 65.1 Å². The Morgan fingerprint density at radius 2 is 1.74 bits per heavy atom. The first-order valence-electron chi connectivity index (χ1n) is 14.8. The lowest BCUT2D eigenvalue weighted by atomic mass is 9.58. The Labute approximate surface area is 253 Å². The molecular formula is C32H46N4O7. The monoisotopic (exact) mass is 598 g/mol. The fourth-order valence-corrected chi connectivity index (χ4v) is 7.14. The molecule has 1 aromatic carbocycles. The average molecular weight is 599 g/mol. The van der Waals surface area contributed by atoms with Gasteiger partial charge in [0.2, 0.25) is 5.78 Å². The molecule has 1 amide bonds. The van der Waals surface area contributed by atoms with Crippen LogP contribution >= 0.6 is 0 Å². The van der Waals surface area contributed by atoms with Crippen molar-refractivity contribution in [2.75, 3.05) is 46.2 Å². The fraction of sp³-hybridized carbons (Fsp3) is 0.594. The number of phenolic OH excluding ortho intramolecular Hbond substituents is 1. The van der Waals surface area contributed by atoms with E-state index in [9.17, 15) is 34.8 Å². The molecule has 0 aliphatic heterocycles. The van der Waals surface area contributed by atoms with Crippen LogP contribution in [0.15, 0.2) is 28.7 Å². The molecule has 6 N–H and O–H groups in total. The van der Waals surface area contributed by atoms with Crippen LogP contribution in [0.25, 0.3) is 0 Å². The summed E-state index contributed by atoms with van der Waals surface area (Å²) in [5.74, 6) is -6.54. The van der Waals surface area contributed by atoms with Crippen molar-refractivity contribution in [1.82, 2.24) is 9.80 Å². The molecule has 43 heavy (non-hydrogen) atoms. The Hall–Kier alpha value is -3.41. The number of allylic oxidation sites excluding steroid dienone is 1. The van der Waals surface area contributed by atoms with E-state index in [1.165, 1.54) is 0 Å². The van der Waals surface area contributed by atoms with Crippen LogP contribution in [0.4, 0.5) is 5.69 Å². The number of hydrogen-bond acceptors (Lipinski definition) is 10. The van der Waals surface area contributed by atoms with E-state index < -0.39 is 58.0 Å². The summed E-state index contributed by atoms with van der Waals surface area (Å²) in [6, 6.07) is 0.559. The summed E-state index contributed by atoms with van der Waals surface area (Å²) in [5.41, 5.74) is 4.25. The first-order chi connectivity index (χ1) is 19.9. The van der Waals surface area contributed by atoms with Gasteiger partial charge in [-0.15, -0.1) is 0 Å². The summed E-state index contributed by atoms with van der Waals surface area (Å²) in [6.07, 6.45) is 1.28. The highest BCUT2D eigenvalue weighted by atomic mass is 16.3. The molecule has 236 valence electrons. The Morgan fingerprint density at radius 3 is 2.26 bits per heavy atom. The van der Waals surface area contributed by atoms with Crippen molar-refractivity contribution >= 4 is 23.2 Å². The molecule has 3 aliphatic carbocycles. The van der Waals surface area contributed by atoms with Crippen LogP contribution in [-0.2, 0) is 22.6 Å². The summed E-state index contributed by atoms with van der Waals surface area (Å²) < 4.78 is 0. The molecule has 4 atom stereocenters. The molecule has 0 bridgehead atoms. The van der Waals surface area contributed by atoms with Gasteiger partial charge in [-0.25, -0.2) is 0 Å². The van der Waals surface area contributed by atoms with Crippen molar-refractivity contribution in [3.8, 4) is 5.75 Å². The summed E-state index contributed by atoms with van der Waals surface area (Å²) >= 11 is 0. The lowest BCUT2D eigenvalue weighted by Gasteiger charge is -2.50. The van der Waals surface area contributed by atoms with E-state index in [0.717, 1.165) is 30.8 Å². The largest absolute Gasteiger partial charge is 0.510 e. The summed E-state index contributed by atoms with van der Waals surface area (Å²) in [7, 11) is 6.98. The summed E-state index contributed by atoms with van der Waals surface area (Å²) in [5, 5.41) is 45.6. The summed E-state index contributed by atoms with van der Waals surface area (Å²) in [6.45, 7) is 10.9. The Balaban J connectivity index is 1.87. The second kappa shape index (κ2) is 11.3. The predicted molar refractivity (Wildman–Crippen MR) is 163 cm³/mol. The van der Waals surface area contributed by atoms with E-state index in [1.54, 1.807) is 25.1 Å². The number of phenols is 1. The Bertz CT molecular complexity index is 1420. The van der Waals surface area contributed by atoms with Gasteiger partial charge in [-0.3, -0.25) is 24.2 Å². The van der Waals surface area contributed by atoms with Gasteiger partial charge in [0.1, 0.15) is 22.8 Å². The maximum Gasteiger partial charge on any atom is 0.255 e. The van der Waals surface area contributed by atoms with Crippen LogP contribution < -0.4 is 10.6 Å². The number of carbonyl (C=O) groups is 3. The van der Waals surface area contributed by atoms with Crippen LogP contribution in [-0.4, -0.2) is 101 Å². The van der Waals surface area contributed by atoms with Crippen LogP contribution in [0.2, 0.25) is 0 Å². The van der Waals surface area contributed by atoms with Gasteiger partial charge in [0, 0.05) is 37.8 Å². The number of rotatable bonds is 8. The maximum absolute atomic E-state index is 14.1. The first kappa shape index (κ1) is 32.5. The number of carbonyl (C=O) groups excluding carboxylic acids is 3. The lowest BCUT2D eigenvalue weighted by Crippen LogP contribution is -2.63. The number of nitrogens with two attached hydrogens (primary N) is 1. The minimum Gasteiger partial charge on any atom is -0.510 e. The number of primary amides is 1. The molecule has 4 rings (SSSR count). The topological polar surface area (TPSA) is 168 Å². The van der Waals surface area contributed by atoms with Gasteiger partial charge in [-0.05, 0) is 75.0 Å². The maximum atomic E-state index is 14.1. The van der Waals surface area contributed by atoms with Crippen LogP contribution in [0, 0.1) is 17.3 Å². The zero-order valence-corrected chi connectivity index (χ0v) is 26.5. The van der Waals surface area contributed by atoms with Gasteiger partial charge in [-0.2, -0.15) is 0 Å². The number of amides is 1. The molecule has 11 nitrogen and oxygen atoms in total. The average Bonchev–Trinajstić information content (AvgIpc) is 2.87. The van der Waals surface area contributed by atoms with Crippen molar-refractivity contribution in [2.24, 2.45) is 23.0 Å². The standard InChI is InChI=1S/C32H46N4O7/c1-9-36(11-10-31(2,3)4)15-17-14-20(37)22-18(24(17)34(5)6)12-16-13-19-25(35(7)8)27(39)23(30(33)42)29(41)32(19,43)28(40)21(16)26(22)38/h14,16,19,25,37,39-40,43H,9-13,15H2,1-8H3,(H2,33,42)/t16-,19-,25-,32-/m0/s1. The van der Waals surface area contributed by atoms with Gasteiger partial charge in [-0.1, -0.05) is 27.7 Å². The number of nitrogens with zero attached hydrogens (tertiary/aromatic N) is 3. The van der Waals surface area contributed by atoms with Crippen LogP contribution in [0.5, 0.6) is 5.75 Å². The van der Waals surface area contributed by atoms with E-state index >= 15 is 0 Å². The number of aromatic hydroxyl groups is 1. The van der Waals surface area contributed by atoms with E-state index in [-0.39, 0.29) is 35.1 Å². The molecule has 0 saturated carbocycles. The molecular weight excluding hydrogens is 552 g/mol. The fourth-order valence-electron chi connectivity index (χ4n) is 7.14. The number of ketones is 2. The number of aliphatic hydroxyl groups is 3. The van der Waals surface area contributed by atoms with Gasteiger partial charge in [0.25, 0.3) is 5.91 Å². The minimum atomic E-state index is -2.65. The smallest absolute Gasteiger partial charge is 0.255 e. The zero-order chi connectivity index (χ0) is 32.3. The van der Waals surface area contributed by atoms with Gasteiger partial charge < -0.3 is 31.1 Å². The van der Waals surface area contributed by atoms with E-state index in [0.29, 0.717) is 12.1 Å². The number of fused-ring (bicyclic) bond motifs is 3. The molecule has 0 fully saturated rings. The number of likely N-dealkylation sites (N-methyl/N-ethyl adjacent to an activating group) is 1. The molecule has 0 saturated heterocycles. The van der Waals surface area contributed by atoms with E-state index in [2.05, 4.69) is 32.6 Å². The molecule has 1 aromatic rings. The predicted octanol–water partition coefficient (Wildman–Crippen LogP) is 2.44. The van der Waals surface area contributed by atoms with E-state index in [1.807, 2.05) is 19.0 Å². The van der Waals surface area contributed by atoms with E-state index in [4.69, 9.17) is 5.73 Å². The van der Waals surface area contributed by atoms with Crippen molar-refractivity contribution in [3.63, 3.8) is 0 Å². The second-order valence-corrected chi connectivity index (χ2v) is 13.8. The van der Waals surface area contributed by atoms with Gasteiger partial charge in [0.05, 0.1) is 11.6 Å². The van der Waals surface area contributed by atoms with Crippen LogP contribution in [0.1, 0.15) is 62.0 Å². The third kappa shape index (κ3) is 5.32. The third-order valence-corrected chi connectivity index (χ3v) is 9.24. The minimum absolute atomic E-state index is 0.0194. The molecule has 0 heterocycles. The second-order valence-electron chi connectivity index (χ2n) is 13.8. The SMILES string of the molecule is CCN(CCC(C)(C)C)Cc1cc(O)c2c(c1N(C)C)C[C@H]1C[C@H]3[C@H](N(C)C)C(O)=C(C(N)=O)C(=O)[C@@]3(O)C(O)=C1C2=O. The number of Topliss-reactive ketones (excluding diaryl/α,β-unsaturated/α-hetero) is 2. The molecule has 3 aliphatic rings. The normalized spacial score (nSPS) is 25.7. The molecule has 0 spiro atoms. The Kier molecular flexibility index (Phi) is 8.51. The lowest BCUT2D eigenvalue weighted by molar-refractivity contribution is -0.148. The molecule has 0 radical (unpaired) electrons. The highest BCUT2D eigenvalue weighted by Gasteiger charge is 2.63. The van der Waals surface area contributed by atoms with Crippen molar-refractivity contribution < 1.29 is 34.8 Å². The number of anilines is 1. The number of benzene rings is 1. The van der Waals surface area contributed by atoms with Gasteiger partial charge >= 0.3 is 0 Å². The Morgan fingerprint density at radius 1 is 1.12 bits per heavy atom. The highest BCUT2D eigenvalue weighted by molar-refractivity contribution is 6.24. The summed E-state index contributed by atoms with van der Waals surface area (Å²) in [4.78, 5) is 45.5. The molecule has 0 aromatic heterocycles. The molecule has 11 heteroatoms. The van der Waals surface area contributed by atoms with Crippen molar-refractivity contribution in [1.29, 1.82) is 0 Å². The number of hydrogen-bond donors (Lipinski definition) is 5. The van der Waals surface area contributed by atoms with Gasteiger partial charge in [0.15, 0.2) is 11.4 Å². The molecule has 0 unspecified atom stereocenters. The van der Waals surface area contributed by atoms with Crippen LogP contribution in [0.3, 0.4) is 0 Å². The quantitative estimate of drug-likeness (QED) is 0.280. The third-order valence-electron chi connectivity index (χ3n) is 9.24. The number of aliphatic hydroxyl groups excluding tert-OH is 2. The zero-order valence-electron chi connectivity index (χ0n) is 26.5. The van der Waals surface area contributed by atoms with Crippen molar-refractivity contribution in [3.05, 3.63) is 45.4 Å².